The second-order valence-corrected chi connectivity index (χ2v) is 3.33. The van der Waals surface area contributed by atoms with Crippen LogP contribution in [-0.4, -0.2) is 24.0 Å². The van der Waals surface area contributed by atoms with Crippen molar-refractivity contribution >= 4 is 5.84 Å². The number of hydrogen-bond donors (Lipinski definition) is 1. The third-order valence-corrected chi connectivity index (χ3v) is 2.11. The molecular weight excluding hydrogens is 178 g/mol. The minimum Gasteiger partial charge on any atom is -0.481 e. The van der Waals surface area contributed by atoms with Crippen molar-refractivity contribution in [3.05, 3.63) is 23.9 Å². The lowest BCUT2D eigenvalue weighted by molar-refractivity contribution is 0.398. The van der Waals surface area contributed by atoms with Gasteiger partial charge in [0.25, 0.3) is 0 Å². The molecule has 74 valence electrons. The van der Waals surface area contributed by atoms with Gasteiger partial charge in [-0.15, -0.1) is 0 Å². The fourth-order valence-corrected chi connectivity index (χ4v) is 1.13. The standard InChI is InChI=1S/C10H13N3O/c1-14-9-5-2-7(6-12-9)10(11)13-8-3-4-8/h2,5-6,8H,3-4H2,1H3,(H2,11,13). The molecule has 1 aromatic heterocycles. The van der Waals surface area contributed by atoms with E-state index in [1.807, 2.05) is 6.07 Å². The van der Waals surface area contributed by atoms with E-state index in [0.717, 1.165) is 18.4 Å². The summed E-state index contributed by atoms with van der Waals surface area (Å²) < 4.78 is 4.95. The van der Waals surface area contributed by atoms with Crippen LogP contribution in [0.1, 0.15) is 18.4 Å². The van der Waals surface area contributed by atoms with E-state index in [1.165, 1.54) is 0 Å². The van der Waals surface area contributed by atoms with Crippen LogP contribution in [0.5, 0.6) is 5.88 Å². The van der Waals surface area contributed by atoms with E-state index < -0.39 is 0 Å². The summed E-state index contributed by atoms with van der Waals surface area (Å²) >= 11 is 0. The van der Waals surface area contributed by atoms with Crippen molar-refractivity contribution in [3.63, 3.8) is 0 Å². The Labute approximate surface area is 82.8 Å². The third-order valence-electron chi connectivity index (χ3n) is 2.11. The molecule has 0 aliphatic heterocycles. The van der Waals surface area contributed by atoms with Crippen molar-refractivity contribution < 1.29 is 4.74 Å². The van der Waals surface area contributed by atoms with Crippen LogP contribution in [0.2, 0.25) is 0 Å². The first-order valence-corrected chi connectivity index (χ1v) is 4.63. The van der Waals surface area contributed by atoms with Crippen LogP contribution in [0.4, 0.5) is 0 Å². The second-order valence-electron chi connectivity index (χ2n) is 3.33. The highest BCUT2D eigenvalue weighted by Crippen LogP contribution is 2.23. The third kappa shape index (κ3) is 2.02. The summed E-state index contributed by atoms with van der Waals surface area (Å²) in [6.45, 7) is 0. The monoisotopic (exact) mass is 191 g/mol. The summed E-state index contributed by atoms with van der Waals surface area (Å²) in [6.07, 6.45) is 3.99. The van der Waals surface area contributed by atoms with Crippen LogP contribution in [0.25, 0.3) is 0 Å². The van der Waals surface area contributed by atoms with Gasteiger partial charge in [0, 0.05) is 17.8 Å². The summed E-state index contributed by atoms with van der Waals surface area (Å²) in [6, 6.07) is 4.09. The molecule has 2 N–H and O–H groups in total. The van der Waals surface area contributed by atoms with Crippen LogP contribution in [0.3, 0.4) is 0 Å². The van der Waals surface area contributed by atoms with E-state index in [2.05, 4.69) is 9.98 Å². The van der Waals surface area contributed by atoms with E-state index in [0.29, 0.717) is 17.8 Å². The van der Waals surface area contributed by atoms with Crippen LogP contribution in [0.15, 0.2) is 23.3 Å². The number of aliphatic imine (C=N–C) groups is 1. The van der Waals surface area contributed by atoms with Crippen molar-refractivity contribution in [3.8, 4) is 5.88 Å². The van der Waals surface area contributed by atoms with Crippen LogP contribution in [-0.2, 0) is 0 Å². The maximum atomic E-state index is 5.80. The van der Waals surface area contributed by atoms with Gasteiger partial charge < -0.3 is 10.5 Å². The van der Waals surface area contributed by atoms with Crippen molar-refractivity contribution in [2.45, 2.75) is 18.9 Å². The number of methoxy groups -OCH3 is 1. The smallest absolute Gasteiger partial charge is 0.212 e. The Morgan fingerprint density at radius 3 is 2.86 bits per heavy atom. The lowest BCUT2D eigenvalue weighted by Gasteiger charge is -2.01. The molecule has 0 bridgehead atoms. The number of ether oxygens (including phenoxy) is 1. The van der Waals surface area contributed by atoms with Gasteiger partial charge in [0.15, 0.2) is 0 Å². The Kier molecular flexibility index (Phi) is 2.35. The zero-order valence-electron chi connectivity index (χ0n) is 8.10. The molecule has 1 aliphatic rings. The first-order chi connectivity index (χ1) is 6.79. The Bertz CT molecular complexity index is 341. The highest BCUT2D eigenvalue weighted by Gasteiger charge is 2.20. The van der Waals surface area contributed by atoms with Gasteiger partial charge in [-0.25, -0.2) is 4.98 Å². The summed E-state index contributed by atoms with van der Waals surface area (Å²) in [5.74, 6) is 1.16. The molecule has 1 aliphatic carbocycles. The SMILES string of the molecule is COc1ccc(C(N)=NC2CC2)cn1. The van der Waals surface area contributed by atoms with Gasteiger partial charge in [-0.2, -0.15) is 0 Å². The number of aromatic nitrogens is 1. The van der Waals surface area contributed by atoms with Gasteiger partial charge in [-0.1, -0.05) is 0 Å². The molecule has 1 fully saturated rings. The molecule has 1 aromatic rings. The first kappa shape index (κ1) is 8.99. The molecule has 0 aromatic carbocycles. The Hall–Kier alpha value is -1.58. The Morgan fingerprint density at radius 1 is 1.57 bits per heavy atom. The number of amidine groups is 1. The largest absolute Gasteiger partial charge is 0.481 e. The zero-order valence-corrected chi connectivity index (χ0v) is 8.10. The zero-order chi connectivity index (χ0) is 9.97. The van der Waals surface area contributed by atoms with E-state index >= 15 is 0 Å². The molecule has 4 nitrogen and oxygen atoms in total. The van der Waals surface area contributed by atoms with Gasteiger partial charge >= 0.3 is 0 Å². The maximum Gasteiger partial charge on any atom is 0.212 e. The first-order valence-electron chi connectivity index (χ1n) is 4.63. The number of pyridine rings is 1. The van der Waals surface area contributed by atoms with E-state index in [1.54, 1.807) is 19.4 Å². The van der Waals surface area contributed by atoms with Crippen molar-refractivity contribution in [1.82, 2.24) is 4.98 Å². The molecule has 0 spiro atoms. The van der Waals surface area contributed by atoms with Crippen molar-refractivity contribution in [2.75, 3.05) is 7.11 Å². The molecule has 0 amide bonds. The number of nitrogens with zero attached hydrogens (tertiary/aromatic N) is 2. The fourth-order valence-electron chi connectivity index (χ4n) is 1.13. The van der Waals surface area contributed by atoms with Gasteiger partial charge in [-0.05, 0) is 18.9 Å². The quantitative estimate of drug-likeness (QED) is 0.571. The number of hydrogen-bond acceptors (Lipinski definition) is 3. The molecule has 1 heterocycles. The molecule has 0 unspecified atom stereocenters. The van der Waals surface area contributed by atoms with Gasteiger partial charge in [0.05, 0.1) is 13.2 Å². The fraction of sp³-hybridized carbons (Fsp3) is 0.400. The molecular formula is C10H13N3O. The van der Waals surface area contributed by atoms with Crippen LogP contribution >= 0.6 is 0 Å². The molecule has 0 radical (unpaired) electrons. The lowest BCUT2D eigenvalue weighted by Crippen LogP contribution is -2.14. The van der Waals surface area contributed by atoms with Crippen molar-refractivity contribution in [2.24, 2.45) is 10.7 Å². The van der Waals surface area contributed by atoms with Gasteiger partial charge in [0.2, 0.25) is 5.88 Å². The van der Waals surface area contributed by atoms with Gasteiger partial charge in [0.1, 0.15) is 5.84 Å². The number of nitrogens with two attached hydrogens (primary N) is 1. The minimum atomic E-state index is 0.442. The summed E-state index contributed by atoms with van der Waals surface area (Å²) in [7, 11) is 1.59. The molecule has 14 heavy (non-hydrogen) atoms. The Morgan fingerprint density at radius 2 is 2.36 bits per heavy atom. The molecule has 0 saturated heterocycles. The maximum absolute atomic E-state index is 5.80. The Balaban J connectivity index is 2.15. The van der Waals surface area contributed by atoms with Gasteiger partial charge in [-0.3, -0.25) is 4.99 Å². The van der Waals surface area contributed by atoms with Crippen LogP contribution < -0.4 is 10.5 Å². The minimum absolute atomic E-state index is 0.442. The predicted octanol–water partition coefficient (Wildman–Crippen LogP) is 0.958. The number of rotatable bonds is 3. The summed E-state index contributed by atoms with van der Waals surface area (Å²) in [4.78, 5) is 8.39. The van der Waals surface area contributed by atoms with E-state index in [-0.39, 0.29) is 0 Å². The highest BCUT2D eigenvalue weighted by molar-refractivity contribution is 5.97. The topological polar surface area (TPSA) is 60.5 Å². The molecule has 2 rings (SSSR count). The molecule has 0 atom stereocenters. The van der Waals surface area contributed by atoms with Crippen LogP contribution in [0, 0.1) is 0 Å². The lowest BCUT2D eigenvalue weighted by atomic mass is 10.2. The average Bonchev–Trinajstić information content (AvgIpc) is 3.02. The molecule has 4 heteroatoms. The second kappa shape index (κ2) is 3.65. The van der Waals surface area contributed by atoms with E-state index in [9.17, 15) is 0 Å². The van der Waals surface area contributed by atoms with E-state index in [4.69, 9.17) is 10.5 Å². The van der Waals surface area contributed by atoms with Crippen molar-refractivity contribution in [1.29, 1.82) is 0 Å². The normalized spacial score (nSPS) is 16.8. The summed E-state index contributed by atoms with van der Waals surface area (Å²) in [5, 5.41) is 0. The molecule has 1 saturated carbocycles. The predicted molar refractivity (Wildman–Crippen MR) is 54.5 cm³/mol. The average molecular weight is 191 g/mol. The summed E-state index contributed by atoms with van der Waals surface area (Å²) in [5.41, 5.74) is 6.66. The highest BCUT2D eigenvalue weighted by atomic mass is 16.5.